The van der Waals surface area contributed by atoms with E-state index in [4.69, 9.17) is 5.73 Å². The number of hydrogen-bond donors (Lipinski definition) is 2. The SMILES string of the molecule is Cc1cc([N+](=O)[O-])ccc1S(=O)(=O)NC(C)(CN)C1CC1. The van der Waals surface area contributed by atoms with Crippen molar-refractivity contribution >= 4 is 15.7 Å². The number of nitrogens with zero attached hydrogens (tertiary/aromatic N) is 1. The molecule has 3 N–H and O–H groups in total. The summed E-state index contributed by atoms with van der Waals surface area (Å²) in [4.78, 5) is 10.2. The first kappa shape index (κ1) is 15.9. The molecule has 8 heteroatoms. The molecular formula is C13H19N3O4S. The van der Waals surface area contributed by atoms with Crippen LogP contribution in [0.25, 0.3) is 0 Å². The normalized spacial score (nSPS) is 18.2. The highest BCUT2D eigenvalue weighted by atomic mass is 32.2. The Morgan fingerprint density at radius 1 is 1.48 bits per heavy atom. The number of benzene rings is 1. The fraction of sp³-hybridized carbons (Fsp3) is 0.538. The highest BCUT2D eigenvalue weighted by molar-refractivity contribution is 7.89. The molecule has 0 aromatic heterocycles. The Labute approximate surface area is 123 Å². The fourth-order valence-electron chi connectivity index (χ4n) is 2.42. The maximum atomic E-state index is 12.5. The van der Waals surface area contributed by atoms with Crippen LogP contribution >= 0.6 is 0 Å². The molecule has 21 heavy (non-hydrogen) atoms. The molecule has 1 saturated carbocycles. The van der Waals surface area contributed by atoms with E-state index in [1.165, 1.54) is 18.2 Å². The highest BCUT2D eigenvalue weighted by Crippen LogP contribution is 2.40. The van der Waals surface area contributed by atoms with Crippen molar-refractivity contribution in [2.45, 2.75) is 37.1 Å². The van der Waals surface area contributed by atoms with Crippen LogP contribution < -0.4 is 10.5 Å². The van der Waals surface area contributed by atoms with E-state index in [2.05, 4.69) is 4.72 Å². The van der Waals surface area contributed by atoms with Crippen molar-refractivity contribution in [2.24, 2.45) is 11.7 Å². The van der Waals surface area contributed by atoms with Crippen LogP contribution in [0.2, 0.25) is 0 Å². The minimum absolute atomic E-state index is 0.0495. The first-order valence-electron chi connectivity index (χ1n) is 6.69. The van der Waals surface area contributed by atoms with Crippen LogP contribution in [0, 0.1) is 23.0 Å². The number of nitrogens with two attached hydrogens (primary N) is 1. The monoisotopic (exact) mass is 313 g/mol. The first-order valence-corrected chi connectivity index (χ1v) is 8.17. The second-order valence-electron chi connectivity index (χ2n) is 5.71. The zero-order valence-electron chi connectivity index (χ0n) is 12.0. The third kappa shape index (κ3) is 3.22. The molecule has 1 aromatic rings. The molecule has 7 nitrogen and oxygen atoms in total. The minimum atomic E-state index is -3.76. The zero-order chi connectivity index (χ0) is 15.8. The average molecular weight is 313 g/mol. The summed E-state index contributed by atoms with van der Waals surface area (Å²) in [5, 5.41) is 10.7. The lowest BCUT2D eigenvalue weighted by Gasteiger charge is -2.29. The van der Waals surface area contributed by atoms with E-state index >= 15 is 0 Å². The number of rotatable bonds is 6. The lowest BCUT2D eigenvalue weighted by molar-refractivity contribution is -0.385. The van der Waals surface area contributed by atoms with E-state index in [-0.39, 0.29) is 23.0 Å². The Kier molecular flexibility index (Phi) is 4.05. The maximum absolute atomic E-state index is 12.5. The molecule has 2 rings (SSSR count). The van der Waals surface area contributed by atoms with Crippen LogP contribution in [-0.4, -0.2) is 25.4 Å². The summed E-state index contributed by atoms with van der Waals surface area (Å²) in [6.45, 7) is 3.55. The largest absolute Gasteiger partial charge is 0.329 e. The molecule has 0 bridgehead atoms. The Bertz CT molecular complexity index is 670. The quantitative estimate of drug-likeness (QED) is 0.607. The van der Waals surface area contributed by atoms with Crippen molar-refractivity contribution < 1.29 is 13.3 Å². The molecule has 0 radical (unpaired) electrons. The van der Waals surface area contributed by atoms with Gasteiger partial charge in [0.15, 0.2) is 0 Å². The molecule has 0 aliphatic heterocycles. The van der Waals surface area contributed by atoms with E-state index in [1.54, 1.807) is 13.8 Å². The molecule has 0 heterocycles. The summed E-state index contributed by atoms with van der Waals surface area (Å²) in [5.41, 5.74) is 5.26. The third-order valence-corrected chi connectivity index (χ3v) is 5.70. The lowest BCUT2D eigenvalue weighted by Crippen LogP contribution is -2.53. The number of sulfonamides is 1. The molecule has 0 saturated heterocycles. The number of hydrogen-bond acceptors (Lipinski definition) is 5. The standard InChI is InChI=1S/C13H19N3O4S/c1-9-7-11(16(17)18)5-6-12(9)21(19,20)15-13(2,8-14)10-3-4-10/h5-7,10,15H,3-4,8,14H2,1-2H3. The number of aryl methyl sites for hydroxylation is 1. The van der Waals surface area contributed by atoms with Crippen LogP contribution in [0.15, 0.2) is 23.1 Å². The van der Waals surface area contributed by atoms with Gasteiger partial charge < -0.3 is 5.73 Å². The Morgan fingerprint density at radius 3 is 2.52 bits per heavy atom. The smallest absolute Gasteiger partial charge is 0.269 e. The van der Waals surface area contributed by atoms with Gasteiger partial charge in [0.25, 0.3) is 5.69 Å². The molecular weight excluding hydrogens is 294 g/mol. The molecule has 1 aliphatic rings. The Hall–Kier alpha value is -1.51. The number of nitro benzene ring substituents is 1. The van der Waals surface area contributed by atoms with Crippen LogP contribution in [-0.2, 0) is 10.0 Å². The third-order valence-electron chi connectivity index (χ3n) is 3.93. The second kappa shape index (κ2) is 5.36. The molecule has 1 aromatic carbocycles. The zero-order valence-corrected chi connectivity index (χ0v) is 12.8. The topological polar surface area (TPSA) is 115 Å². The Balaban J connectivity index is 2.33. The molecule has 0 amide bonds. The van der Waals surface area contributed by atoms with Gasteiger partial charge in [0.05, 0.1) is 9.82 Å². The van der Waals surface area contributed by atoms with Crippen LogP contribution in [0.4, 0.5) is 5.69 Å². The van der Waals surface area contributed by atoms with Crippen molar-refractivity contribution in [2.75, 3.05) is 6.54 Å². The van der Waals surface area contributed by atoms with Crippen LogP contribution in [0.5, 0.6) is 0 Å². The van der Waals surface area contributed by atoms with Gasteiger partial charge in [0.1, 0.15) is 0 Å². The van der Waals surface area contributed by atoms with Crippen molar-refractivity contribution in [3.8, 4) is 0 Å². The highest BCUT2D eigenvalue weighted by Gasteiger charge is 2.43. The van der Waals surface area contributed by atoms with E-state index in [1.807, 2.05) is 0 Å². The summed E-state index contributed by atoms with van der Waals surface area (Å²) in [5.74, 6) is 0.246. The van der Waals surface area contributed by atoms with Crippen molar-refractivity contribution in [3.63, 3.8) is 0 Å². The van der Waals surface area contributed by atoms with Crippen molar-refractivity contribution in [3.05, 3.63) is 33.9 Å². The maximum Gasteiger partial charge on any atom is 0.269 e. The van der Waals surface area contributed by atoms with Gasteiger partial charge in [-0.15, -0.1) is 0 Å². The van der Waals surface area contributed by atoms with E-state index in [0.29, 0.717) is 5.56 Å². The van der Waals surface area contributed by atoms with Gasteiger partial charge in [-0.25, -0.2) is 13.1 Å². The van der Waals surface area contributed by atoms with Gasteiger partial charge in [-0.2, -0.15) is 0 Å². The first-order chi connectivity index (χ1) is 9.69. The van der Waals surface area contributed by atoms with Crippen molar-refractivity contribution in [1.29, 1.82) is 0 Å². The van der Waals surface area contributed by atoms with Crippen LogP contribution in [0.3, 0.4) is 0 Å². The number of nitrogens with one attached hydrogen (secondary N) is 1. The minimum Gasteiger partial charge on any atom is -0.329 e. The van der Waals surface area contributed by atoms with Gasteiger partial charge in [0.2, 0.25) is 10.0 Å². The number of non-ortho nitro benzene ring substituents is 1. The summed E-state index contributed by atoms with van der Waals surface area (Å²) >= 11 is 0. The summed E-state index contributed by atoms with van der Waals surface area (Å²) in [6, 6.07) is 3.71. The molecule has 0 spiro atoms. The predicted octanol–water partition coefficient (Wildman–Crippen LogP) is 1.31. The second-order valence-corrected chi connectivity index (χ2v) is 7.36. The molecule has 1 aliphatic carbocycles. The predicted molar refractivity (Wildman–Crippen MR) is 78.3 cm³/mol. The Morgan fingerprint density at radius 2 is 2.10 bits per heavy atom. The summed E-state index contributed by atoms with van der Waals surface area (Å²) < 4.78 is 27.7. The summed E-state index contributed by atoms with van der Waals surface area (Å²) in [6.07, 6.45) is 1.91. The molecule has 116 valence electrons. The lowest BCUT2D eigenvalue weighted by atomic mass is 9.98. The van der Waals surface area contributed by atoms with Gasteiger partial charge in [-0.1, -0.05) is 0 Å². The van der Waals surface area contributed by atoms with E-state index in [0.717, 1.165) is 12.8 Å². The molecule has 1 unspecified atom stereocenters. The van der Waals surface area contributed by atoms with Crippen molar-refractivity contribution in [1.82, 2.24) is 4.72 Å². The van der Waals surface area contributed by atoms with Crippen LogP contribution in [0.1, 0.15) is 25.3 Å². The molecule has 1 atom stereocenters. The van der Waals surface area contributed by atoms with Gasteiger partial charge in [-0.05, 0) is 44.2 Å². The van der Waals surface area contributed by atoms with Gasteiger partial charge in [0, 0.05) is 24.2 Å². The fourth-order valence-corrected chi connectivity index (χ4v) is 4.13. The van der Waals surface area contributed by atoms with Gasteiger partial charge in [-0.3, -0.25) is 10.1 Å². The summed E-state index contributed by atoms with van der Waals surface area (Å²) in [7, 11) is -3.76. The van der Waals surface area contributed by atoms with E-state index in [9.17, 15) is 18.5 Å². The number of nitro groups is 1. The van der Waals surface area contributed by atoms with Gasteiger partial charge >= 0.3 is 0 Å². The molecule has 1 fully saturated rings. The average Bonchev–Trinajstić information content (AvgIpc) is 3.22. The van der Waals surface area contributed by atoms with E-state index < -0.39 is 20.5 Å².